The summed E-state index contributed by atoms with van der Waals surface area (Å²) in [5.74, 6) is 0. The van der Waals surface area contributed by atoms with E-state index in [2.05, 4.69) is 21.1 Å². The molecule has 0 aliphatic carbocycles. The average Bonchev–Trinajstić information content (AvgIpc) is 2.74. The van der Waals surface area contributed by atoms with E-state index in [1.54, 1.807) is 48.6 Å². The molecule has 7 nitrogen and oxygen atoms in total. The van der Waals surface area contributed by atoms with E-state index >= 15 is 0 Å². The van der Waals surface area contributed by atoms with Crippen LogP contribution < -0.4 is 10.2 Å². The molecule has 3 rings (SSSR count). The van der Waals surface area contributed by atoms with Gasteiger partial charge < -0.3 is 15.0 Å². The largest absolute Gasteiger partial charge is 0.452 e. The van der Waals surface area contributed by atoms with Crippen molar-refractivity contribution in [2.45, 2.75) is 6.42 Å². The molecule has 0 atom stereocenters. The summed E-state index contributed by atoms with van der Waals surface area (Å²) in [6.07, 6.45) is 6.03. The number of urea groups is 1. The molecule has 0 bridgehead atoms. The Morgan fingerprint density at radius 1 is 1.15 bits per heavy atom. The van der Waals surface area contributed by atoms with Gasteiger partial charge in [-0.15, -0.1) is 0 Å². The lowest BCUT2D eigenvalue weighted by Gasteiger charge is -2.28. The lowest BCUT2D eigenvalue weighted by Crippen LogP contribution is -2.38. The van der Waals surface area contributed by atoms with Gasteiger partial charge in [-0.05, 0) is 54.0 Å². The number of carbonyl (C=O) groups is 2. The summed E-state index contributed by atoms with van der Waals surface area (Å²) >= 11 is 0. The molecule has 3 amide bonds. The van der Waals surface area contributed by atoms with Crippen molar-refractivity contribution in [3.63, 3.8) is 0 Å². The van der Waals surface area contributed by atoms with Gasteiger partial charge in [-0.1, -0.05) is 6.08 Å². The second kappa shape index (κ2) is 8.35. The summed E-state index contributed by atoms with van der Waals surface area (Å²) < 4.78 is 4.69. The zero-order valence-corrected chi connectivity index (χ0v) is 15.4. The molecule has 1 aliphatic rings. The molecule has 0 saturated carbocycles. The Morgan fingerprint density at radius 2 is 1.85 bits per heavy atom. The highest BCUT2D eigenvalue weighted by Gasteiger charge is 2.19. The highest BCUT2D eigenvalue weighted by atomic mass is 16.5. The molecule has 1 N–H and O–H groups in total. The van der Waals surface area contributed by atoms with Crippen LogP contribution in [0.3, 0.4) is 0 Å². The maximum Gasteiger partial charge on any atom is 0.413 e. The van der Waals surface area contributed by atoms with Crippen LogP contribution in [0.2, 0.25) is 0 Å². The third kappa shape index (κ3) is 4.44. The third-order valence-corrected chi connectivity index (χ3v) is 4.44. The lowest BCUT2D eigenvalue weighted by atomic mass is 10.0. The first-order valence-corrected chi connectivity index (χ1v) is 8.65. The van der Waals surface area contributed by atoms with Crippen LogP contribution in [0.1, 0.15) is 12.0 Å². The summed E-state index contributed by atoms with van der Waals surface area (Å²) in [5.41, 5.74) is 3.55. The van der Waals surface area contributed by atoms with Crippen LogP contribution in [-0.2, 0) is 4.74 Å². The van der Waals surface area contributed by atoms with Crippen molar-refractivity contribution in [1.29, 1.82) is 0 Å². The minimum Gasteiger partial charge on any atom is -0.452 e. The number of amides is 3. The van der Waals surface area contributed by atoms with Gasteiger partial charge in [0.15, 0.2) is 0 Å². The first kappa shape index (κ1) is 18.4. The second-order valence-electron chi connectivity index (χ2n) is 6.18. The van der Waals surface area contributed by atoms with Crippen LogP contribution in [0.15, 0.2) is 54.9 Å². The van der Waals surface area contributed by atoms with Crippen LogP contribution in [0.4, 0.5) is 21.0 Å². The number of anilines is 2. The molecule has 7 heteroatoms. The number of ether oxygens (including phenoxy) is 1. The van der Waals surface area contributed by atoms with Gasteiger partial charge in [-0.25, -0.2) is 9.59 Å². The van der Waals surface area contributed by atoms with Gasteiger partial charge in [0.25, 0.3) is 0 Å². The van der Waals surface area contributed by atoms with E-state index in [1.165, 1.54) is 12.0 Å². The van der Waals surface area contributed by atoms with Crippen LogP contribution in [0.5, 0.6) is 0 Å². The Kier molecular flexibility index (Phi) is 5.71. The molecule has 2 aromatic rings. The van der Waals surface area contributed by atoms with Gasteiger partial charge in [-0.3, -0.25) is 9.88 Å². The smallest absolute Gasteiger partial charge is 0.413 e. The van der Waals surface area contributed by atoms with Crippen molar-refractivity contribution in [2.75, 3.05) is 37.5 Å². The molecular formula is C20H22N4O3. The Bertz CT molecular complexity index is 834. The number of aromatic nitrogens is 1. The van der Waals surface area contributed by atoms with Crippen LogP contribution in [0, 0.1) is 0 Å². The molecule has 0 saturated heterocycles. The molecule has 0 fully saturated rings. The van der Waals surface area contributed by atoms with Gasteiger partial charge in [0.1, 0.15) is 0 Å². The number of hydrogen-bond acceptors (Lipinski definition) is 4. The fourth-order valence-electron chi connectivity index (χ4n) is 2.91. The van der Waals surface area contributed by atoms with E-state index in [9.17, 15) is 9.59 Å². The zero-order valence-electron chi connectivity index (χ0n) is 15.4. The number of pyridine rings is 1. The van der Waals surface area contributed by atoms with Crippen molar-refractivity contribution in [3.05, 3.63) is 60.4 Å². The van der Waals surface area contributed by atoms with Gasteiger partial charge in [0, 0.05) is 43.9 Å². The normalized spacial score (nSPS) is 13.6. The van der Waals surface area contributed by atoms with Crippen molar-refractivity contribution in [1.82, 2.24) is 9.88 Å². The molecule has 1 aliphatic heterocycles. The molecule has 140 valence electrons. The number of rotatable bonds is 3. The number of benzene rings is 1. The predicted octanol–water partition coefficient (Wildman–Crippen LogP) is 3.61. The van der Waals surface area contributed by atoms with E-state index in [0.29, 0.717) is 24.5 Å². The summed E-state index contributed by atoms with van der Waals surface area (Å²) in [6.45, 7) is 1.22. The summed E-state index contributed by atoms with van der Waals surface area (Å²) in [4.78, 5) is 31.4. The topological polar surface area (TPSA) is 74.8 Å². The van der Waals surface area contributed by atoms with Crippen LogP contribution in [-0.4, -0.2) is 49.3 Å². The van der Waals surface area contributed by atoms with Crippen molar-refractivity contribution >= 4 is 29.1 Å². The Hall–Kier alpha value is -3.35. The summed E-state index contributed by atoms with van der Waals surface area (Å²) in [7, 11) is 2.96. The number of methoxy groups -OCH3 is 1. The molecule has 2 heterocycles. The lowest BCUT2D eigenvalue weighted by molar-refractivity contribution is 0.180. The minimum absolute atomic E-state index is 0.149. The molecular weight excluding hydrogens is 344 g/mol. The van der Waals surface area contributed by atoms with Crippen molar-refractivity contribution < 1.29 is 14.3 Å². The van der Waals surface area contributed by atoms with E-state index in [4.69, 9.17) is 0 Å². The van der Waals surface area contributed by atoms with Crippen LogP contribution in [0.25, 0.3) is 5.57 Å². The Balaban J connectivity index is 1.62. The van der Waals surface area contributed by atoms with E-state index in [1.807, 2.05) is 12.1 Å². The maximum atomic E-state index is 12.6. The first-order valence-electron chi connectivity index (χ1n) is 8.65. The number of nitrogens with one attached hydrogen (secondary N) is 1. The maximum absolute atomic E-state index is 12.6. The van der Waals surface area contributed by atoms with E-state index in [0.717, 1.165) is 17.6 Å². The average molecular weight is 366 g/mol. The Morgan fingerprint density at radius 3 is 2.52 bits per heavy atom. The van der Waals surface area contributed by atoms with Crippen molar-refractivity contribution in [2.24, 2.45) is 0 Å². The van der Waals surface area contributed by atoms with Gasteiger partial charge in [0.05, 0.1) is 7.11 Å². The first-order chi connectivity index (χ1) is 13.1. The predicted molar refractivity (Wildman–Crippen MR) is 105 cm³/mol. The molecule has 0 spiro atoms. The third-order valence-electron chi connectivity index (χ3n) is 4.44. The van der Waals surface area contributed by atoms with Crippen LogP contribution >= 0.6 is 0 Å². The minimum atomic E-state index is -0.449. The monoisotopic (exact) mass is 366 g/mol. The Labute approximate surface area is 158 Å². The molecule has 0 radical (unpaired) electrons. The number of carbonyl (C=O) groups excluding carboxylic acids is 2. The van der Waals surface area contributed by atoms with Gasteiger partial charge >= 0.3 is 12.1 Å². The van der Waals surface area contributed by atoms with Gasteiger partial charge in [-0.2, -0.15) is 0 Å². The number of hydrogen-bond donors (Lipinski definition) is 1. The second-order valence-corrected chi connectivity index (χ2v) is 6.18. The van der Waals surface area contributed by atoms with Crippen molar-refractivity contribution in [3.8, 4) is 0 Å². The highest BCUT2D eigenvalue weighted by Crippen LogP contribution is 2.22. The fourth-order valence-corrected chi connectivity index (χ4v) is 2.91. The zero-order chi connectivity index (χ0) is 19.2. The molecule has 1 aromatic carbocycles. The van der Waals surface area contributed by atoms with E-state index < -0.39 is 6.09 Å². The standard InChI is InChI=1S/C20H22N4O3/c1-23(20(26)27-2)18-7-5-17(6-8-18)22-19(25)24-13-3-4-16(14-24)15-9-11-21-12-10-15/h4-12H,3,13-14H2,1-2H3,(H,22,25). The quantitative estimate of drug-likeness (QED) is 0.900. The number of nitrogens with zero attached hydrogens (tertiary/aromatic N) is 3. The van der Waals surface area contributed by atoms with Gasteiger partial charge in [0.2, 0.25) is 0 Å². The molecule has 27 heavy (non-hydrogen) atoms. The molecule has 1 aromatic heterocycles. The SMILES string of the molecule is COC(=O)N(C)c1ccc(NC(=O)N2CCC=C(c3ccncc3)C2)cc1. The highest BCUT2D eigenvalue weighted by molar-refractivity contribution is 5.92. The van der Waals surface area contributed by atoms with E-state index in [-0.39, 0.29) is 6.03 Å². The summed E-state index contributed by atoms with van der Waals surface area (Å²) in [6, 6.07) is 10.8. The summed E-state index contributed by atoms with van der Waals surface area (Å²) in [5, 5.41) is 2.91. The molecule has 0 unspecified atom stereocenters. The fraction of sp³-hybridized carbons (Fsp3) is 0.250.